The van der Waals surface area contributed by atoms with E-state index < -0.39 is 0 Å². The standard InChI is InChI=1S/C16H15N5OS/c1-9-19-12-3-2-10(6-14(12)23-9)15(22)21-5-4-11-7-18-16(17)20-13(11)8-21/h2-3,6-7H,4-5,8H2,1H3,(H2,17,18,20). The molecule has 0 fully saturated rings. The molecule has 3 aromatic rings. The molecule has 4 rings (SSSR count). The van der Waals surface area contributed by atoms with E-state index in [1.54, 1.807) is 17.5 Å². The Morgan fingerprint density at radius 3 is 3.09 bits per heavy atom. The van der Waals surface area contributed by atoms with Crippen LogP contribution < -0.4 is 5.73 Å². The van der Waals surface area contributed by atoms with Crippen molar-refractivity contribution in [2.45, 2.75) is 19.9 Å². The summed E-state index contributed by atoms with van der Waals surface area (Å²) < 4.78 is 1.04. The van der Waals surface area contributed by atoms with Gasteiger partial charge >= 0.3 is 0 Å². The number of anilines is 1. The fourth-order valence-electron chi connectivity index (χ4n) is 2.85. The molecule has 23 heavy (non-hydrogen) atoms. The van der Waals surface area contributed by atoms with Crippen molar-refractivity contribution < 1.29 is 4.79 Å². The first kappa shape index (κ1) is 14.1. The predicted octanol–water partition coefficient (Wildman–Crippen LogP) is 2.18. The van der Waals surface area contributed by atoms with Crippen LogP contribution in [0.25, 0.3) is 10.2 Å². The molecule has 0 unspecified atom stereocenters. The molecule has 2 N–H and O–H groups in total. The van der Waals surface area contributed by atoms with Crippen molar-refractivity contribution in [3.63, 3.8) is 0 Å². The van der Waals surface area contributed by atoms with Crippen LogP contribution in [0.15, 0.2) is 24.4 Å². The maximum absolute atomic E-state index is 12.8. The van der Waals surface area contributed by atoms with Gasteiger partial charge in [0.1, 0.15) is 0 Å². The molecule has 1 amide bonds. The van der Waals surface area contributed by atoms with E-state index in [0.29, 0.717) is 18.7 Å². The van der Waals surface area contributed by atoms with Crippen molar-refractivity contribution in [3.8, 4) is 0 Å². The second-order valence-corrected chi connectivity index (χ2v) is 6.83. The summed E-state index contributed by atoms with van der Waals surface area (Å²) in [6.07, 6.45) is 2.51. The first-order valence-corrected chi connectivity index (χ1v) is 8.18. The zero-order valence-electron chi connectivity index (χ0n) is 12.6. The fourth-order valence-corrected chi connectivity index (χ4v) is 3.71. The summed E-state index contributed by atoms with van der Waals surface area (Å²) >= 11 is 1.60. The highest BCUT2D eigenvalue weighted by molar-refractivity contribution is 7.18. The molecule has 1 aromatic carbocycles. The molecule has 116 valence electrons. The highest BCUT2D eigenvalue weighted by atomic mass is 32.1. The van der Waals surface area contributed by atoms with Gasteiger partial charge in [0.25, 0.3) is 5.91 Å². The first-order valence-electron chi connectivity index (χ1n) is 7.37. The monoisotopic (exact) mass is 325 g/mol. The zero-order chi connectivity index (χ0) is 16.0. The van der Waals surface area contributed by atoms with E-state index in [0.717, 1.165) is 32.9 Å². The molecule has 0 saturated carbocycles. The van der Waals surface area contributed by atoms with Crippen LogP contribution in [0.2, 0.25) is 0 Å². The molecule has 2 aromatic heterocycles. The Morgan fingerprint density at radius 1 is 1.35 bits per heavy atom. The molecule has 0 aliphatic carbocycles. The molecule has 0 radical (unpaired) electrons. The Bertz CT molecular complexity index is 920. The third-order valence-corrected chi connectivity index (χ3v) is 4.93. The van der Waals surface area contributed by atoms with E-state index >= 15 is 0 Å². The molecule has 0 spiro atoms. The van der Waals surface area contributed by atoms with Crippen molar-refractivity contribution in [2.75, 3.05) is 12.3 Å². The van der Waals surface area contributed by atoms with Crippen LogP contribution in [-0.4, -0.2) is 32.3 Å². The van der Waals surface area contributed by atoms with Gasteiger partial charge in [0.2, 0.25) is 5.95 Å². The maximum Gasteiger partial charge on any atom is 0.254 e. The van der Waals surface area contributed by atoms with Crippen LogP contribution in [0.1, 0.15) is 26.6 Å². The Morgan fingerprint density at radius 2 is 2.22 bits per heavy atom. The Kier molecular flexibility index (Phi) is 3.23. The number of thiazole rings is 1. The molecule has 1 aliphatic rings. The van der Waals surface area contributed by atoms with Crippen LogP contribution in [0, 0.1) is 6.92 Å². The van der Waals surface area contributed by atoms with Crippen LogP contribution in [0.4, 0.5) is 5.95 Å². The summed E-state index contributed by atoms with van der Waals surface area (Å²) in [5, 5.41) is 1.00. The van der Waals surface area contributed by atoms with Crippen LogP contribution in [0.5, 0.6) is 0 Å². The average Bonchev–Trinajstić information content (AvgIpc) is 2.92. The molecule has 7 heteroatoms. The summed E-state index contributed by atoms with van der Waals surface area (Å²) in [5.41, 5.74) is 9.18. The smallest absolute Gasteiger partial charge is 0.254 e. The van der Waals surface area contributed by atoms with Gasteiger partial charge in [-0.3, -0.25) is 4.79 Å². The number of amides is 1. The Balaban J connectivity index is 1.63. The second kappa shape index (κ2) is 5.27. The van der Waals surface area contributed by atoms with E-state index in [9.17, 15) is 4.79 Å². The lowest BCUT2D eigenvalue weighted by Crippen LogP contribution is -2.36. The minimum atomic E-state index is 0.0146. The molecule has 0 bridgehead atoms. The minimum absolute atomic E-state index is 0.0146. The molecular formula is C16H15N5OS. The number of aryl methyl sites for hydroxylation is 1. The van der Waals surface area contributed by atoms with Crippen LogP contribution in [-0.2, 0) is 13.0 Å². The molecule has 3 heterocycles. The summed E-state index contributed by atoms with van der Waals surface area (Å²) in [7, 11) is 0. The quantitative estimate of drug-likeness (QED) is 0.741. The van der Waals surface area contributed by atoms with Crippen molar-refractivity contribution in [2.24, 2.45) is 0 Å². The van der Waals surface area contributed by atoms with Crippen molar-refractivity contribution in [1.82, 2.24) is 19.9 Å². The first-order chi connectivity index (χ1) is 11.1. The van der Waals surface area contributed by atoms with Gasteiger partial charge in [-0.1, -0.05) is 0 Å². The predicted molar refractivity (Wildman–Crippen MR) is 89.2 cm³/mol. The van der Waals surface area contributed by atoms with E-state index in [1.807, 2.05) is 30.0 Å². The number of nitrogens with two attached hydrogens (primary N) is 1. The number of carbonyl (C=O) groups is 1. The number of carbonyl (C=O) groups excluding carboxylic acids is 1. The maximum atomic E-state index is 12.8. The number of rotatable bonds is 1. The lowest BCUT2D eigenvalue weighted by molar-refractivity contribution is 0.0732. The number of hydrogen-bond donors (Lipinski definition) is 1. The van der Waals surface area contributed by atoms with Gasteiger partial charge in [-0.25, -0.2) is 15.0 Å². The highest BCUT2D eigenvalue weighted by Gasteiger charge is 2.23. The number of benzene rings is 1. The van der Waals surface area contributed by atoms with E-state index in [1.165, 1.54) is 0 Å². The van der Waals surface area contributed by atoms with Crippen molar-refractivity contribution in [3.05, 3.63) is 46.2 Å². The summed E-state index contributed by atoms with van der Waals surface area (Å²) in [6.45, 7) is 3.11. The van der Waals surface area contributed by atoms with Gasteiger partial charge in [-0.05, 0) is 37.1 Å². The summed E-state index contributed by atoms with van der Waals surface area (Å²) in [5.74, 6) is 0.264. The molecule has 0 saturated heterocycles. The highest BCUT2D eigenvalue weighted by Crippen LogP contribution is 2.24. The van der Waals surface area contributed by atoms with Gasteiger partial charge in [-0.2, -0.15) is 0 Å². The van der Waals surface area contributed by atoms with Gasteiger partial charge in [-0.15, -0.1) is 11.3 Å². The lowest BCUT2D eigenvalue weighted by Gasteiger charge is -2.28. The van der Waals surface area contributed by atoms with E-state index in [-0.39, 0.29) is 11.9 Å². The fraction of sp³-hybridized carbons (Fsp3) is 0.250. The normalized spacial score (nSPS) is 14.0. The lowest BCUT2D eigenvalue weighted by atomic mass is 10.1. The Hall–Kier alpha value is -2.54. The SMILES string of the molecule is Cc1nc2ccc(C(=O)N3CCc4cnc(N)nc4C3)cc2s1. The van der Waals surface area contributed by atoms with Gasteiger partial charge in [0.15, 0.2) is 0 Å². The number of hydrogen-bond acceptors (Lipinski definition) is 6. The third-order valence-electron chi connectivity index (χ3n) is 3.99. The van der Waals surface area contributed by atoms with Gasteiger partial charge < -0.3 is 10.6 Å². The Labute approximate surface area is 137 Å². The van der Waals surface area contributed by atoms with Crippen LogP contribution >= 0.6 is 11.3 Å². The van der Waals surface area contributed by atoms with Crippen molar-refractivity contribution in [1.29, 1.82) is 0 Å². The topological polar surface area (TPSA) is 85.0 Å². The number of nitrogen functional groups attached to an aromatic ring is 1. The van der Waals surface area contributed by atoms with E-state index in [2.05, 4.69) is 15.0 Å². The van der Waals surface area contributed by atoms with Gasteiger partial charge in [0, 0.05) is 18.3 Å². The second-order valence-electron chi connectivity index (χ2n) is 5.59. The number of nitrogens with zero attached hydrogens (tertiary/aromatic N) is 4. The summed E-state index contributed by atoms with van der Waals surface area (Å²) in [4.78, 5) is 27.3. The molecule has 0 atom stereocenters. The molecular weight excluding hydrogens is 310 g/mol. The van der Waals surface area contributed by atoms with Gasteiger partial charge in [0.05, 0.1) is 27.5 Å². The zero-order valence-corrected chi connectivity index (χ0v) is 13.4. The number of aromatic nitrogens is 3. The van der Waals surface area contributed by atoms with Crippen LogP contribution in [0.3, 0.4) is 0 Å². The largest absolute Gasteiger partial charge is 0.368 e. The number of fused-ring (bicyclic) bond motifs is 2. The summed E-state index contributed by atoms with van der Waals surface area (Å²) in [6, 6.07) is 5.67. The average molecular weight is 325 g/mol. The minimum Gasteiger partial charge on any atom is -0.368 e. The van der Waals surface area contributed by atoms with E-state index in [4.69, 9.17) is 5.73 Å². The third kappa shape index (κ3) is 2.53. The molecule has 6 nitrogen and oxygen atoms in total. The molecule has 1 aliphatic heterocycles. The van der Waals surface area contributed by atoms with Crippen molar-refractivity contribution >= 4 is 33.4 Å².